The first-order valence-corrected chi connectivity index (χ1v) is 6.09. The summed E-state index contributed by atoms with van der Waals surface area (Å²) >= 11 is 0. The molecule has 2 aliphatic rings. The zero-order chi connectivity index (χ0) is 10.9. The van der Waals surface area contributed by atoms with Gasteiger partial charge in [-0.15, -0.1) is 6.58 Å². The van der Waals surface area contributed by atoms with Crippen LogP contribution in [0.25, 0.3) is 0 Å². The van der Waals surface area contributed by atoms with E-state index in [-0.39, 0.29) is 5.41 Å². The molecule has 2 atom stereocenters. The van der Waals surface area contributed by atoms with Crippen molar-refractivity contribution < 1.29 is 4.79 Å². The Labute approximate surface area is 92.3 Å². The second-order valence-corrected chi connectivity index (χ2v) is 5.24. The van der Waals surface area contributed by atoms with Crippen LogP contribution in [0.4, 0.5) is 0 Å². The minimum Gasteiger partial charge on any atom is -0.339 e. The van der Waals surface area contributed by atoms with Crippen molar-refractivity contribution in [2.24, 2.45) is 5.41 Å². The number of carbonyl (C=O) groups excluding carboxylic acids is 1. The zero-order valence-corrected chi connectivity index (χ0v) is 9.67. The molecular weight excluding hydrogens is 186 g/mol. The first kappa shape index (κ1) is 10.7. The van der Waals surface area contributed by atoms with Gasteiger partial charge < -0.3 is 4.90 Å². The first-order chi connectivity index (χ1) is 7.17. The molecule has 2 saturated heterocycles. The first-order valence-electron chi connectivity index (χ1n) is 6.09. The summed E-state index contributed by atoms with van der Waals surface area (Å²) < 4.78 is 0. The van der Waals surface area contributed by atoms with Crippen LogP contribution in [0.2, 0.25) is 0 Å². The topological polar surface area (TPSA) is 20.3 Å². The summed E-state index contributed by atoms with van der Waals surface area (Å²) in [7, 11) is 0. The number of nitrogens with zero attached hydrogens (tertiary/aromatic N) is 1. The zero-order valence-electron chi connectivity index (χ0n) is 9.67. The van der Waals surface area contributed by atoms with Crippen molar-refractivity contribution in [3.8, 4) is 0 Å². The predicted molar refractivity (Wildman–Crippen MR) is 61.5 cm³/mol. The molecule has 0 bridgehead atoms. The second kappa shape index (κ2) is 3.99. The van der Waals surface area contributed by atoms with Gasteiger partial charge in [0.15, 0.2) is 0 Å². The van der Waals surface area contributed by atoms with Gasteiger partial charge in [-0.3, -0.25) is 4.79 Å². The van der Waals surface area contributed by atoms with Gasteiger partial charge in [-0.25, -0.2) is 0 Å². The third-order valence-electron chi connectivity index (χ3n) is 4.03. The van der Waals surface area contributed by atoms with Crippen molar-refractivity contribution >= 4 is 5.91 Å². The molecule has 0 aromatic heterocycles. The number of rotatable bonds is 2. The van der Waals surface area contributed by atoms with E-state index in [9.17, 15) is 4.79 Å². The van der Waals surface area contributed by atoms with Gasteiger partial charge in [-0.2, -0.15) is 0 Å². The molecule has 0 N–H and O–H groups in total. The van der Waals surface area contributed by atoms with Crippen LogP contribution in [0.15, 0.2) is 12.7 Å². The van der Waals surface area contributed by atoms with Crippen LogP contribution < -0.4 is 0 Å². The van der Waals surface area contributed by atoms with Crippen molar-refractivity contribution in [3.63, 3.8) is 0 Å². The predicted octanol–water partition coefficient (Wildman–Crippen LogP) is 2.74. The minimum atomic E-state index is -0.157. The van der Waals surface area contributed by atoms with Crippen LogP contribution >= 0.6 is 0 Å². The molecule has 0 saturated carbocycles. The standard InChI is InChI=1S/C13H21NO/c1-3-8-13(2)9-7-11-6-4-5-10-14(11)12(13)15/h3,11H,1,4-10H2,2H3/t11-,13+/m0/s1. The number of fused-ring (bicyclic) bond motifs is 1. The van der Waals surface area contributed by atoms with Crippen molar-refractivity contribution in [2.45, 2.75) is 51.5 Å². The molecule has 1 amide bonds. The number of piperidine rings is 2. The normalized spacial score (nSPS) is 36.2. The van der Waals surface area contributed by atoms with Gasteiger partial charge in [-0.05, 0) is 38.5 Å². The number of hydrogen-bond acceptors (Lipinski definition) is 1. The van der Waals surface area contributed by atoms with E-state index in [2.05, 4.69) is 18.4 Å². The second-order valence-electron chi connectivity index (χ2n) is 5.24. The van der Waals surface area contributed by atoms with Crippen LogP contribution in [0, 0.1) is 5.41 Å². The van der Waals surface area contributed by atoms with Gasteiger partial charge in [0.05, 0.1) is 5.41 Å². The molecule has 0 spiro atoms. The highest BCUT2D eigenvalue weighted by atomic mass is 16.2. The Kier molecular flexibility index (Phi) is 2.85. The quantitative estimate of drug-likeness (QED) is 0.638. The van der Waals surface area contributed by atoms with Gasteiger partial charge in [0, 0.05) is 12.6 Å². The Balaban J connectivity index is 2.14. The van der Waals surface area contributed by atoms with Crippen LogP contribution in [-0.4, -0.2) is 23.4 Å². The minimum absolute atomic E-state index is 0.157. The lowest BCUT2D eigenvalue weighted by Gasteiger charge is -2.46. The van der Waals surface area contributed by atoms with Gasteiger partial charge in [-0.1, -0.05) is 13.0 Å². The third kappa shape index (κ3) is 1.82. The lowest BCUT2D eigenvalue weighted by Crippen LogP contribution is -2.54. The van der Waals surface area contributed by atoms with E-state index in [1.165, 1.54) is 25.7 Å². The number of carbonyl (C=O) groups is 1. The lowest BCUT2D eigenvalue weighted by atomic mass is 9.74. The van der Waals surface area contributed by atoms with Gasteiger partial charge in [0.25, 0.3) is 0 Å². The molecule has 15 heavy (non-hydrogen) atoms. The van der Waals surface area contributed by atoms with Gasteiger partial charge in [0.1, 0.15) is 0 Å². The highest BCUT2D eigenvalue weighted by Gasteiger charge is 2.43. The fourth-order valence-corrected chi connectivity index (χ4v) is 3.01. The van der Waals surface area contributed by atoms with E-state index in [0.717, 1.165) is 19.4 Å². The maximum atomic E-state index is 12.3. The van der Waals surface area contributed by atoms with Crippen LogP contribution in [-0.2, 0) is 4.79 Å². The fourth-order valence-electron chi connectivity index (χ4n) is 3.01. The number of allylic oxidation sites excluding steroid dienone is 1. The SMILES string of the molecule is C=CC[C@]1(C)CC[C@@H]2CCCCN2C1=O. The molecule has 0 aromatic carbocycles. The molecule has 84 valence electrons. The van der Waals surface area contributed by atoms with E-state index in [4.69, 9.17) is 0 Å². The molecule has 0 unspecified atom stereocenters. The Morgan fingerprint density at radius 3 is 3.07 bits per heavy atom. The molecule has 0 aromatic rings. The van der Waals surface area contributed by atoms with Crippen LogP contribution in [0.5, 0.6) is 0 Å². The van der Waals surface area contributed by atoms with E-state index < -0.39 is 0 Å². The Morgan fingerprint density at radius 2 is 2.33 bits per heavy atom. The van der Waals surface area contributed by atoms with E-state index in [1.807, 2.05) is 6.08 Å². The maximum Gasteiger partial charge on any atom is 0.229 e. The summed E-state index contributed by atoms with van der Waals surface area (Å²) in [5.74, 6) is 0.373. The van der Waals surface area contributed by atoms with Crippen LogP contribution in [0.3, 0.4) is 0 Å². The van der Waals surface area contributed by atoms with Gasteiger partial charge >= 0.3 is 0 Å². The maximum absolute atomic E-state index is 12.3. The molecular formula is C13H21NO. The number of hydrogen-bond donors (Lipinski definition) is 0. The molecule has 2 fully saturated rings. The average Bonchev–Trinajstić information content (AvgIpc) is 2.25. The van der Waals surface area contributed by atoms with Crippen molar-refractivity contribution in [1.29, 1.82) is 0 Å². The Morgan fingerprint density at radius 1 is 1.53 bits per heavy atom. The van der Waals surface area contributed by atoms with Crippen molar-refractivity contribution in [1.82, 2.24) is 4.90 Å². The fraction of sp³-hybridized carbons (Fsp3) is 0.769. The molecule has 0 radical (unpaired) electrons. The third-order valence-corrected chi connectivity index (χ3v) is 4.03. The summed E-state index contributed by atoms with van der Waals surface area (Å²) in [6.45, 7) is 6.85. The summed E-state index contributed by atoms with van der Waals surface area (Å²) in [5.41, 5.74) is -0.157. The monoisotopic (exact) mass is 207 g/mol. The van der Waals surface area contributed by atoms with Crippen LogP contribution in [0.1, 0.15) is 45.4 Å². The summed E-state index contributed by atoms with van der Waals surface area (Å²) in [4.78, 5) is 14.5. The van der Waals surface area contributed by atoms with Crippen molar-refractivity contribution in [2.75, 3.05) is 6.54 Å². The smallest absolute Gasteiger partial charge is 0.229 e. The van der Waals surface area contributed by atoms with E-state index >= 15 is 0 Å². The average molecular weight is 207 g/mol. The van der Waals surface area contributed by atoms with Gasteiger partial charge in [0.2, 0.25) is 5.91 Å². The van der Waals surface area contributed by atoms with Crippen molar-refractivity contribution in [3.05, 3.63) is 12.7 Å². The Hall–Kier alpha value is -0.790. The summed E-state index contributed by atoms with van der Waals surface area (Å²) in [6, 6.07) is 0.546. The van der Waals surface area contributed by atoms with E-state index in [0.29, 0.717) is 11.9 Å². The molecule has 2 heterocycles. The highest BCUT2D eigenvalue weighted by molar-refractivity contribution is 5.83. The highest BCUT2D eigenvalue weighted by Crippen LogP contribution is 2.39. The molecule has 0 aliphatic carbocycles. The molecule has 2 nitrogen and oxygen atoms in total. The number of amides is 1. The van der Waals surface area contributed by atoms with E-state index in [1.54, 1.807) is 0 Å². The molecule has 2 aliphatic heterocycles. The summed E-state index contributed by atoms with van der Waals surface area (Å²) in [5, 5.41) is 0. The molecule has 2 heteroatoms. The summed E-state index contributed by atoms with van der Waals surface area (Å²) in [6.07, 6.45) is 8.65. The largest absolute Gasteiger partial charge is 0.339 e. The Bertz CT molecular complexity index is 274. The molecule has 2 rings (SSSR count). The lowest BCUT2D eigenvalue weighted by molar-refractivity contribution is -0.150.